The van der Waals surface area contributed by atoms with Crippen LogP contribution in [0.3, 0.4) is 0 Å². The van der Waals surface area contributed by atoms with E-state index in [2.05, 4.69) is 45.5 Å². The minimum absolute atomic E-state index is 0.276. The molecule has 0 aliphatic heterocycles. The summed E-state index contributed by atoms with van der Waals surface area (Å²) in [6, 6.07) is 16.5. The van der Waals surface area contributed by atoms with Crippen molar-refractivity contribution < 1.29 is 4.42 Å². The van der Waals surface area contributed by atoms with Crippen LogP contribution >= 0.6 is 12.2 Å². The summed E-state index contributed by atoms with van der Waals surface area (Å²) in [7, 11) is 0. The van der Waals surface area contributed by atoms with Crippen LogP contribution in [-0.4, -0.2) is 15.2 Å². The van der Waals surface area contributed by atoms with E-state index in [1.807, 2.05) is 24.4 Å². The van der Waals surface area contributed by atoms with E-state index < -0.39 is 0 Å². The van der Waals surface area contributed by atoms with Gasteiger partial charge in [0.05, 0.1) is 5.56 Å². The number of aromatic amines is 2. The maximum Gasteiger partial charge on any atom is 0.284 e. The summed E-state index contributed by atoms with van der Waals surface area (Å²) >= 11 is 4.94. The minimum Gasteiger partial charge on any atom is -0.409 e. The third kappa shape index (κ3) is 2.08. The van der Waals surface area contributed by atoms with Crippen LogP contribution in [0.5, 0.6) is 0 Å². The topological polar surface area (TPSA) is 57.6 Å². The Morgan fingerprint density at radius 3 is 2.62 bits per heavy atom. The van der Waals surface area contributed by atoms with Crippen molar-refractivity contribution in [2.24, 2.45) is 0 Å². The molecular formula is C16H11N3OS. The molecule has 0 amide bonds. The number of rotatable bonds is 2. The number of nitrogens with one attached hydrogen (secondary N) is 2. The number of hydrogen-bond donors (Lipinski definition) is 2. The average Bonchev–Trinajstić information content (AvgIpc) is 3.13. The van der Waals surface area contributed by atoms with Crippen molar-refractivity contribution in [3.63, 3.8) is 0 Å². The van der Waals surface area contributed by atoms with Gasteiger partial charge in [0.1, 0.15) is 0 Å². The monoisotopic (exact) mass is 293 g/mol. The Morgan fingerprint density at radius 1 is 1.00 bits per heavy atom. The lowest BCUT2D eigenvalue weighted by atomic mass is 10.0. The highest BCUT2D eigenvalue weighted by Crippen LogP contribution is 2.31. The van der Waals surface area contributed by atoms with Gasteiger partial charge in [-0.25, -0.2) is 5.10 Å². The summed E-state index contributed by atoms with van der Waals surface area (Å²) in [5.41, 5.74) is 4.26. The number of aromatic nitrogens is 3. The predicted molar refractivity (Wildman–Crippen MR) is 84.4 cm³/mol. The number of benzene rings is 2. The molecule has 2 aromatic heterocycles. The molecule has 4 rings (SSSR count). The summed E-state index contributed by atoms with van der Waals surface area (Å²) in [5.74, 6) is 0.497. The van der Waals surface area contributed by atoms with Crippen LogP contribution in [0.15, 0.2) is 59.1 Å². The second kappa shape index (κ2) is 4.71. The molecule has 21 heavy (non-hydrogen) atoms. The molecule has 4 nitrogen and oxygen atoms in total. The molecule has 2 aromatic carbocycles. The molecule has 0 atom stereocenters. The summed E-state index contributed by atoms with van der Waals surface area (Å²) in [6.45, 7) is 0. The van der Waals surface area contributed by atoms with Gasteiger partial charge >= 0.3 is 0 Å². The van der Waals surface area contributed by atoms with Crippen molar-refractivity contribution >= 4 is 23.1 Å². The highest BCUT2D eigenvalue weighted by atomic mass is 32.1. The highest BCUT2D eigenvalue weighted by molar-refractivity contribution is 7.71. The summed E-state index contributed by atoms with van der Waals surface area (Å²) in [5, 5.41) is 7.80. The Bertz CT molecular complexity index is 966. The van der Waals surface area contributed by atoms with Gasteiger partial charge in [-0.05, 0) is 35.5 Å². The molecule has 0 radical (unpaired) electrons. The van der Waals surface area contributed by atoms with Gasteiger partial charge in [0.2, 0.25) is 5.89 Å². The van der Waals surface area contributed by atoms with Crippen molar-refractivity contribution in [1.29, 1.82) is 0 Å². The highest BCUT2D eigenvalue weighted by Gasteiger charge is 2.11. The number of nitrogens with zero attached hydrogens (tertiary/aromatic N) is 1. The molecule has 0 saturated carbocycles. The summed E-state index contributed by atoms with van der Waals surface area (Å²) in [4.78, 5) is 3.50. The molecule has 0 aliphatic rings. The van der Waals surface area contributed by atoms with Crippen LogP contribution in [0.25, 0.3) is 33.5 Å². The van der Waals surface area contributed by atoms with Gasteiger partial charge in [0.15, 0.2) is 0 Å². The second-order valence-electron chi connectivity index (χ2n) is 4.75. The molecule has 102 valence electrons. The number of fused-ring (bicyclic) bond motifs is 1. The Balaban J connectivity index is 1.92. The lowest BCUT2D eigenvalue weighted by molar-refractivity contribution is 0.552. The third-order valence-corrected chi connectivity index (χ3v) is 3.63. The van der Waals surface area contributed by atoms with Gasteiger partial charge in [-0.15, -0.1) is 5.10 Å². The first kappa shape index (κ1) is 12.1. The lowest BCUT2D eigenvalue weighted by Crippen LogP contribution is -1.79. The Kier molecular flexibility index (Phi) is 2.72. The first-order valence-electron chi connectivity index (χ1n) is 6.54. The van der Waals surface area contributed by atoms with Gasteiger partial charge in [0.25, 0.3) is 4.84 Å². The van der Waals surface area contributed by atoms with Crippen LogP contribution in [0.4, 0.5) is 0 Å². The van der Waals surface area contributed by atoms with E-state index in [0.717, 1.165) is 22.0 Å². The molecule has 0 spiro atoms. The SMILES string of the molecule is S=c1[nH]nc(-c2c[nH]c3ccc(-c4ccccc4)cc23)o1. The fourth-order valence-corrected chi connectivity index (χ4v) is 2.58. The molecule has 0 saturated heterocycles. The van der Waals surface area contributed by atoms with Gasteiger partial charge < -0.3 is 9.40 Å². The normalized spacial score (nSPS) is 11.0. The molecular weight excluding hydrogens is 282 g/mol. The largest absolute Gasteiger partial charge is 0.409 e. The predicted octanol–water partition coefficient (Wildman–Crippen LogP) is 4.55. The van der Waals surface area contributed by atoms with E-state index in [0.29, 0.717) is 5.89 Å². The maximum absolute atomic E-state index is 5.41. The first-order chi connectivity index (χ1) is 10.3. The molecule has 2 heterocycles. The van der Waals surface area contributed by atoms with Crippen LogP contribution in [-0.2, 0) is 0 Å². The van der Waals surface area contributed by atoms with Crippen LogP contribution in [0.1, 0.15) is 0 Å². The molecule has 0 bridgehead atoms. The van der Waals surface area contributed by atoms with E-state index in [-0.39, 0.29) is 4.84 Å². The molecule has 2 N–H and O–H groups in total. The fourth-order valence-electron chi connectivity index (χ4n) is 2.45. The zero-order chi connectivity index (χ0) is 14.2. The van der Waals surface area contributed by atoms with Crippen LogP contribution < -0.4 is 0 Å². The Labute approximate surface area is 125 Å². The van der Waals surface area contributed by atoms with Crippen LogP contribution in [0, 0.1) is 4.84 Å². The van der Waals surface area contributed by atoms with E-state index in [1.54, 1.807) is 0 Å². The molecule has 0 aliphatic carbocycles. The third-order valence-electron chi connectivity index (χ3n) is 3.46. The molecule has 4 aromatic rings. The van der Waals surface area contributed by atoms with Gasteiger partial charge in [-0.2, -0.15) is 0 Å². The van der Waals surface area contributed by atoms with E-state index >= 15 is 0 Å². The minimum atomic E-state index is 0.276. The first-order valence-corrected chi connectivity index (χ1v) is 6.94. The van der Waals surface area contributed by atoms with Crippen molar-refractivity contribution in [3.05, 3.63) is 59.6 Å². The lowest BCUT2D eigenvalue weighted by Gasteiger charge is -2.02. The van der Waals surface area contributed by atoms with E-state index in [9.17, 15) is 0 Å². The molecule has 0 unspecified atom stereocenters. The Hall–Kier alpha value is -2.66. The van der Waals surface area contributed by atoms with Gasteiger partial charge in [-0.1, -0.05) is 36.4 Å². The zero-order valence-electron chi connectivity index (χ0n) is 11.0. The zero-order valence-corrected chi connectivity index (χ0v) is 11.8. The van der Waals surface area contributed by atoms with Crippen molar-refractivity contribution in [1.82, 2.24) is 15.2 Å². The van der Waals surface area contributed by atoms with E-state index in [4.69, 9.17) is 16.6 Å². The van der Waals surface area contributed by atoms with Gasteiger partial charge in [-0.3, -0.25) is 0 Å². The van der Waals surface area contributed by atoms with Crippen molar-refractivity contribution in [2.45, 2.75) is 0 Å². The van der Waals surface area contributed by atoms with Gasteiger partial charge in [0, 0.05) is 17.1 Å². The average molecular weight is 293 g/mol. The van der Waals surface area contributed by atoms with Crippen molar-refractivity contribution in [3.8, 4) is 22.6 Å². The fraction of sp³-hybridized carbons (Fsp3) is 0. The van der Waals surface area contributed by atoms with Crippen molar-refractivity contribution in [2.75, 3.05) is 0 Å². The smallest absolute Gasteiger partial charge is 0.284 e. The van der Waals surface area contributed by atoms with E-state index in [1.165, 1.54) is 5.56 Å². The Morgan fingerprint density at radius 2 is 1.86 bits per heavy atom. The molecule has 5 heteroatoms. The van der Waals surface area contributed by atoms with Crippen LogP contribution in [0.2, 0.25) is 0 Å². The quantitative estimate of drug-likeness (QED) is 0.533. The molecule has 0 fully saturated rings. The summed E-state index contributed by atoms with van der Waals surface area (Å²) < 4.78 is 5.41. The number of hydrogen-bond acceptors (Lipinski definition) is 3. The number of H-pyrrole nitrogens is 2. The summed E-state index contributed by atoms with van der Waals surface area (Å²) in [6.07, 6.45) is 1.88. The standard InChI is InChI=1S/C16H11N3OS/c21-16-19-18-15(20-16)13-9-17-14-7-6-11(8-12(13)14)10-4-2-1-3-5-10/h1-9,17H,(H,19,21). The maximum atomic E-state index is 5.41. The second-order valence-corrected chi connectivity index (χ2v) is 5.12.